The van der Waals surface area contributed by atoms with Gasteiger partial charge in [0.25, 0.3) is 5.91 Å². The molecule has 1 heterocycles. The Bertz CT molecular complexity index is 632. The lowest BCUT2D eigenvalue weighted by molar-refractivity contribution is -0.112. The lowest BCUT2D eigenvalue weighted by Gasteiger charge is -2.04. The summed E-state index contributed by atoms with van der Waals surface area (Å²) in [5, 5.41) is 2.86. The second kappa shape index (κ2) is 4.98. The number of benzene rings is 2. The average Bonchev–Trinajstić information content (AvgIpc) is 2.60. The molecule has 2 aromatic rings. The minimum Gasteiger partial charge on any atom is -0.487 e. The molecule has 1 N–H and O–H groups in total. The van der Waals surface area contributed by atoms with Crippen molar-refractivity contribution in [3.63, 3.8) is 0 Å². The maximum Gasteiger partial charge on any atom is 0.255 e. The molecule has 3 rings (SSSR count). The molecule has 19 heavy (non-hydrogen) atoms. The molecule has 0 unspecified atom stereocenters. The lowest BCUT2D eigenvalue weighted by Crippen LogP contribution is -2.15. The van der Waals surface area contributed by atoms with Crippen LogP contribution in [0.25, 0.3) is 6.08 Å². The van der Waals surface area contributed by atoms with Crippen molar-refractivity contribution in [2.24, 2.45) is 0 Å². The smallest absolute Gasteiger partial charge is 0.255 e. The summed E-state index contributed by atoms with van der Waals surface area (Å²) < 4.78 is 5.65. The van der Waals surface area contributed by atoms with Crippen molar-refractivity contribution < 1.29 is 9.53 Å². The van der Waals surface area contributed by atoms with Gasteiger partial charge in [0.1, 0.15) is 12.4 Å². The van der Waals surface area contributed by atoms with Crippen molar-refractivity contribution in [2.45, 2.75) is 0 Å². The second-order valence-corrected chi connectivity index (χ2v) is 4.32. The van der Waals surface area contributed by atoms with E-state index < -0.39 is 0 Å². The van der Waals surface area contributed by atoms with Gasteiger partial charge in [0.2, 0.25) is 0 Å². The van der Waals surface area contributed by atoms with E-state index in [4.69, 9.17) is 4.74 Å². The standard InChI is InChI=1S/C16H13NO2/c18-16-13(10-12-6-2-1-3-7-12)11-19-15-9-5-4-8-14(15)17-16/h1-10H,11H2,(H,17,18)/b13-10+. The summed E-state index contributed by atoms with van der Waals surface area (Å²) >= 11 is 0. The van der Waals surface area contributed by atoms with E-state index in [1.54, 1.807) is 0 Å². The van der Waals surface area contributed by atoms with Gasteiger partial charge in [-0.1, -0.05) is 42.5 Å². The van der Waals surface area contributed by atoms with Crippen LogP contribution in [0.2, 0.25) is 0 Å². The number of anilines is 1. The normalized spacial score (nSPS) is 16.2. The van der Waals surface area contributed by atoms with E-state index in [0.29, 0.717) is 17.0 Å². The molecule has 0 bridgehead atoms. The summed E-state index contributed by atoms with van der Waals surface area (Å²) in [4.78, 5) is 12.1. The highest BCUT2D eigenvalue weighted by Gasteiger charge is 2.17. The Balaban J connectivity index is 1.91. The van der Waals surface area contributed by atoms with Crippen LogP contribution < -0.4 is 10.1 Å². The molecular formula is C16H13NO2. The van der Waals surface area contributed by atoms with Crippen LogP contribution >= 0.6 is 0 Å². The third-order valence-electron chi connectivity index (χ3n) is 2.95. The number of ether oxygens (including phenoxy) is 1. The van der Waals surface area contributed by atoms with Gasteiger partial charge in [-0.3, -0.25) is 4.79 Å². The van der Waals surface area contributed by atoms with Gasteiger partial charge in [-0.25, -0.2) is 0 Å². The topological polar surface area (TPSA) is 38.3 Å². The van der Waals surface area contributed by atoms with Gasteiger partial charge < -0.3 is 10.1 Å². The van der Waals surface area contributed by atoms with Crippen LogP contribution in [-0.2, 0) is 4.79 Å². The van der Waals surface area contributed by atoms with Crippen LogP contribution in [0.4, 0.5) is 5.69 Å². The van der Waals surface area contributed by atoms with Crippen LogP contribution in [0.1, 0.15) is 5.56 Å². The predicted octanol–water partition coefficient (Wildman–Crippen LogP) is 3.10. The largest absolute Gasteiger partial charge is 0.487 e. The van der Waals surface area contributed by atoms with Crippen LogP contribution in [0.3, 0.4) is 0 Å². The van der Waals surface area contributed by atoms with Crippen LogP contribution in [-0.4, -0.2) is 12.5 Å². The van der Waals surface area contributed by atoms with Crippen molar-refractivity contribution in [3.8, 4) is 5.75 Å². The molecule has 0 spiro atoms. The van der Waals surface area contributed by atoms with Crippen molar-refractivity contribution in [2.75, 3.05) is 11.9 Å². The Labute approximate surface area is 111 Å². The Hall–Kier alpha value is -2.55. The molecule has 1 amide bonds. The molecule has 1 aliphatic heterocycles. The van der Waals surface area contributed by atoms with Gasteiger partial charge in [-0.15, -0.1) is 0 Å². The number of hydrogen-bond acceptors (Lipinski definition) is 2. The first-order valence-corrected chi connectivity index (χ1v) is 6.12. The van der Waals surface area contributed by atoms with Gasteiger partial charge in [0.05, 0.1) is 11.3 Å². The monoisotopic (exact) mass is 251 g/mol. The number of amides is 1. The minimum atomic E-state index is -0.117. The fourth-order valence-electron chi connectivity index (χ4n) is 1.98. The molecule has 1 aliphatic rings. The number of hydrogen-bond donors (Lipinski definition) is 1. The third kappa shape index (κ3) is 2.50. The molecule has 0 aliphatic carbocycles. The molecule has 0 radical (unpaired) electrons. The molecule has 3 heteroatoms. The summed E-state index contributed by atoms with van der Waals surface area (Å²) in [6, 6.07) is 17.2. The SMILES string of the molecule is O=C1Nc2ccccc2OC/C1=C\c1ccccc1. The molecule has 0 aromatic heterocycles. The highest BCUT2D eigenvalue weighted by Crippen LogP contribution is 2.27. The van der Waals surface area contributed by atoms with Gasteiger partial charge >= 0.3 is 0 Å². The fourth-order valence-corrected chi connectivity index (χ4v) is 1.98. The second-order valence-electron chi connectivity index (χ2n) is 4.32. The number of carbonyl (C=O) groups excluding carboxylic acids is 1. The first kappa shape index (κ1) is 11.5. The van der Waals surface area contributed by atoms with E-state index in [1.807, 2.05) is 60.7 Å². The molecule has 0 saturated carbocycles. The number of rotatable bonds is 1. The van der Waals surface area contributed by atoms with E-state index in [0.717, 1.165) is 5.56 Å². The summed E-state index contributed by atoms with van der Waals surface area (Å²) in [6.07, 6.45) is 1.85. The molecule has 2 aromatic carbocycles. The van der Waals surface area contributed by atoms with Gasteiger partial charge in [-0.2, -0.15) is 0 Å². The minimum absolute atomic E-state index is 0.117. The lowest BCUT2D eigenvalue weighted by atomic mass is 10.1. The number of para-hydroxylation sites is 2. The maximum atomic E-state index is 12.1. The van der Waals surface area contributed by atoms with Crippen molar-refractivity contribution in [3.05, 3.63) is 65.7 Å². The Morgan fingerprint density at radius 3 is 2.58 bits per heavy atom. The zero-order valence-electron chi connectivity index (χ0n) is 10.3. The zero-order chi connectivity index (χ0) is 13.1. The van der Waals surface area contributed by atoms with Gasteiger partial charge in [0, 0.05) is 0 Å². The fraction of sp³-hybridized carbons (Fsp3) is 0.0625. The molecule has 0 saturated heterocycles. The Morgan fingerprint density at radius 2 is 1.74 bits per heavy atom. The van der Waals surface area contributed by atoms with Crippen molar-refractivity contribution >= 4 is 17.7 Å². The van der Waals surface area contributed by atoms with Crippen LogP contribution in [0, 0.1) is 0 Å². The molecule has 3 nitrogen and oxygen atoms in total. The quantitative estimate of drug-likeness (QED) is 0.791. The van der Waals surface area contributed by atoms with Gasteiger partial charge in [0.15, 0.2) is 0 Å². The number of fused-ring (bicyclic) bond motifs is 1. The van der Waals surface area contributed by atoms with Crippen molar-refractivity contribution in [1.82, 2.24) is 0 Å². The van der Waals surface area contributed by atoms with E-state index in [2.05, 4.69) is 5.32 Å². The summed E-state index contributed by atoms with van der Waals surface area (Å²) in [5.41, 5.74) is 2.31. The van der Waals surface area contributed by atoms with Crippen molar-refractivity contribution in [1.29, 1.82) is 0 Å². The molecular weight excluding hydrogens is 238 g/mol. The predicted molar refractivity (Wildman–Crippen MR) is 75.0 cm³/mol. The molecule has 94 valence electrons. The highest BCUT2D eigenvalue weighted by atomic mass is 16.5. The van der Waals surface area contributed by atoms with Gasteiger partial charge in [-0.05, 0) is 23.8 Å². The molecule has 0 fully saturated rings. The first-order valence-electron chi connectivity index (χ1n) is 6.12. The Kier molecular flexibility index (Phi) is 3.02. The zero-order valence-corrected chi connectivity index (χ0v) is 10.3. The summed E-state index contributed by atoms with van der Waals surface area (Å²) in [5.74, 6) is 0.584. The van der Waals surface area contributed by atoms with E-state index in [-0.39, 0.29) is 12.5 Å². The summed E-state index contributed by atoms with van der Waals surface area (Å²) in [7, 11) is 0. The summed E-state index contributed by atoms with van der Waals surface area (Å²) in [6.45, 7) is 0.276. The van der Waals surface area contributed by atoms with E-state index in [1.165, 1.54) is 0 Å². The van der Waals surface area contributed by atoms with E-state index >= 15 is 0 Å². The maximum absolute atomic E-state index is 12.1. The van der Waals surface area contributed by atoms with Crippen LogP contribution in [0.5, 0.6) is 5.75 Å². The first-order chi connectivity index (χ1) is 9.33. The number of carbonyl (C=O) groups is 1. The van der Waals surface area contributed by atoms with E-state index in [9.17, 15) is 4.79 Å². The molecule has 0 atom stereocenters. The number of nitrogens with one attached hydrogen (secondary N) is 1. The Morgan fingerprint density at radius 1 is 1.00 bits per heavy atom. The van der Waals surface area contributed by atoms with Crippen LogP contribution in [0.15, 0.2) is 60.2 Å². The average molecular weight is 251 g/mol. The highest BCUT2D eigenvalue weighted by molar-refractivity contribution is 6.08. The third-order valence-corrected chi connectivity index (χ3v) is 2.95.